The summed E-state index contributed by atoms with van der Waals surface area (Å²) in [4.78, 5) is 8.31. The van der Waals surface area contributed by atoms with Crippen LogP contribution in [0.25, 0.3) is 0 Å². The van der Waals surface area contributed by atoms with Crippen molar-refractivity contribution < 1.29 is 4.74 Å². The van der Waals surface area contributed by atoms with Crippen LogP contribution in [-0.4, -0.2) is 16.5 Å². The first-order valence-corrected chi connectivity index (χ1v) is 6.84. The van der Waals surface area contributed by atoms with Crippen LogP contribution in [0.15, 0.2) is 36.7 Å². The number of para-hydroxylation sites is 1. The number of hydrogen-bond acceptors (Lipinski definition) is 4. The van der Waals surface area contributed by atoms with Crippen molar-refractivity contribution in [2.24, 2.45) is 0 Å². The van der Waals surface area contributed by atoms with E-state index in [0.717, 1.165) is 23.7 Å². The second-order valence-electron chi connectivity index (χ2n) is 5.62. The third-order valence-corrected chi connectivity index (χ3v) is 2.91. The number of anilines is 1. The van der Waals surface area contributed by atoms with Crippen LogP contribution in [0.2, 0.25) is 0 Å². The number of benzene rings is 1. The molecule has 0 saturated heterocycles. The molecule has 2 aromatic rings. The van der Waals surface area contributed by atoms with E-state index in [4.69, 9.17) is 4.74 Å². The van der Waals surface area contributed by atoms with Gasteiger partial charge in [0, 0.05) is 18.2 Å². The van der Waals surface area contributed by atoms with E-state index in [-0.39, 0.29) is 5.41 Å². The van der Waals surface area contributed by atoms with E-state index in [1.165, 1.54) is 6.33 Å². The SMILES string of the molecule is CCNc1cc(Oc2ccccc2C(C)(C)C)ncn1. The van der Waals surface area contributed by atoms with E-state index < -0.39 is 0 Å². The lowest BCUT2D eigenvalue weighted by atomic mass is 9.86. The highest BCUT2D eigenvalue weighted by atomic mass is 16.5. The fourth-order valence-corrected chi connectivity index (χ4v) is 1.96. The van der Waals surface area contributed by atoms with E-state index in [0.29, 0.717) is 5.88 Å². The van der Waals surface area contributed by atoms with Crippen molar-refractivity contribution in [3.05, 3.63) is 42.2 Å². The molecule has 4 nitrogen and oxygen atoms in total. The maximum Gasteiger partial charge on any atom is 0.224 e. The Morgan fingerprint density at radius 3 is 2.60 bits per heavy atom. The fourth-order valence-electron chi connectivity index (χ4n) is 1.96. The van der Waals surface area contributed by atoms with Crippen molar-refractivity contribution >= 4 is 5.82 Å². The van der Waals surface area contributed by atoms with Crippen LogP contribution in [0.5, 0.6) is 11.6 Å². The molecule has 0 aliphatic heterocycles. The lowest BCUT2D eigenvalue weighted by molar-refractivity contribution is 0.439. The van der Waals surface area contributed by atoms with Gasteiger partial charge in [-0.2, -0.15) is 0 Å². The predicted octanol–water partition coefficient (Wildman–Crippen LogP) is 4.00. The minimum absolute atomic E-state index is 0.0219. The molecule has 106 valence electrons. The van der Waals surface area contributed by atoms with Crippen molar-refractivity contribution in [2.75, 3.05) is 11.9 Å². The van der Waals surface area contributed by atoms with Crippen LogP contribution in [0, 0.1) is 0 Å². The molecule has 0 fully saturated rings. The standard InChI is InChI=1S/C16H21N3O/c1-5-17-14-10-15(19-11-18-14)20-13-9-7-6-8-12(13)16(2,3)4/h6-11H,5H2,1-4H3,(H,17,18,19). The van der Waals surface area contributed by atoms with Crippen molar-refractivity contribution in [3.8, 4) is 11.6 Å². The summed E-state index contributed by atoms with van der Waals surface area (Å²) in [5, 5.41) is 3.15. The van der Waals surface area contributed by atoms with E-state index in [1.807, 2.05) is 31.2 Å². The third kappa shape index (κ3) is 3.47. The smallest absolute Gasteiger partial charge is 0.224 e. The molecule has 0 unspecified atom stereocenters. The summed E-state index contributed by atoms with van der Waals surface area (Å²) in [5.41, 5.74) is 1.18. The van der Waals surface area contributed by atoms with Gasteiger partial charge < -0.3 is 10.1 Å². The van der Waals surface area contributed by atoms with E-state index >= 15 is 0 Å². The topological polar surface area (TPSA) is 47.0 Å². The Bertz CT molecular complexity index is 576. The van der Waals surface area contributed by atoms with Crippen LogP contribution < -0.4 is 10.1 Å². The van der Waals surface area contributed by atoms with Crippen molar-refractivity contribution in [2.45, 2.75) is 33.1 Å². The highest BCUT2D eigenvalue weighted by molar-refractivity contribution is 5.43. The molecular weight excluding hydrogens is 250 g/mol. The molecular formula is C16H21N3O. The van der Waals surface area contributed by atoms with E-state index in [9.17, 15) is 0 Å². The molecule has 0 spiro atoms. The van der Waals surface area contributed by atoms with Gasteiger partial charge >= 0.3 is 0 Å². The summed E-state index contributed by atoms with van der Waals surface area (Å²) in [5.74, 6) is 2.15. The predicted molar refractivity (Wildman–Crippen MR) is 81.4 cm³/mol. The van der Waals surface area contributed by atoms with Gasteiger partial charge in [0.15, 0.2) is 0 Å². The average Bonchev–Trinajstić information content (AvgIpc) is 2.39. The minimum atomic E-state index is 0.0219. The Morgan fingerprint density at radius 2 is 1.90 bits per heavy atom. The molecule has 0 amide bonds. The normalized spacial score (nSPS) is 11.2. The Labute approximate surface area is 120 Å². The molecule has 20 heavy (non-hydrogen) atoms. The second-order valence-corrected chi connectivity index (χ2v) is 5.62. The van der Waals surface area contributed by atoms with Gasteiger partial charge in [-0.3, -0.25) is 0 Å². The maximum atomic E-state index is 5.93. The number of nitrogens with one attached hydrogen (secondary N) is 1. The minimum Gasteiger partial charge on any atom is -0.439 e. The average molecular weight is 271 g/mol. The molecule has 0 atom stereocenters. The molecule has 0 radical (unpaired) electrons. The Morgan fingerprint density at radius 1 is 1.15 bits per heavy atom. The summed E-state index contributed by atoms with van der Waals surface area (Å²) in [6.07, 6.45) is 1.51. The van der Waals surface area contributed by atoms with Gasteiger partial charge in [0.05, 0.1) is 0 Å². The maximum absolute atomic E-state index is 5.93. The molecule has 0 aliphatic rings. The van der Waals surface area contributed by atoms with Crippen LogP contribution in [0.1, 0.15) is 33.3 Å². The van der Waals surface area contributed by atoms with Gasteiger partial charge in [0.25, 0.3) is 0 Å². The summed E-state index contributed by atoms with van der Waals surface area (Å²) in [6.45, 7) is 9.34. The number of nitrogens with zero attached hydrogens (tertiary/aromatic N) is 2. The second kappa shape index (κ2) is 5.90. The summed E-state index contributed by atoms with van der Waals surface area (Å²) in [6, 6.07) is 9.86. The Kier molecular flexibility index (Phi) is 4.23. The molecule has 1 aromatic heterocycles. The first kappa shape index (κ1) is 14.3. The monoisotopic (exact) mass is 271 g/mol. The van der Waals surface area contributed by atoms with Crippen molar-refractivity contribution in [1.29, 1.82) is 0 Å². The van der Waals surface area contributed by atoms with Crippen LogP contribution in [0.3, 0.4) is 0 Å². The van der Waals surface area contributed by atoms with E-state index in [1.54, 1.807) is 0 Å². The van der Waals surface area contributed by atoms with Gasteiger partial charge in [-0.25, -0.2) is 9.97 Å². The quantitative estimate of drug-likeness (QED) is 0.913. The summed E-state index contributed by atoms with van der Waals surface area (Å²) < 4.78 is 5.93. The zero-order valence-electron chi connectivity index (χ0n) is 12.5. The first-order valence-electron chi connectivity index (χ1n) is 6.84. The number of ether oxygens (including phenoxy) is 1. The molecule has 0 bridgehead atoms. The Hall–Kier alpha value is -2.10. The van der Waals surface area contributed by atoms with Crippen molar-refractivity contribution in [3.63, 3.8) is 0 Å². The van der Waals surface area contributed by atoms with Gasteiger partial charge in [-0.15, -0.1) is 0 Å². The number of hydrogen-bond donors (Lipinski definition) is 1. The largest absolute Gasteiger partial charge is 0.439 e. The molecule has 4 heteroatoms. The lowest BCUT2D eigenvalue weighted by Crippen LogP contribution is -2.12. The zero-order chi connectivity index (χ0) is 14.6. The van der Waals surface area contributed by atoms with Gasteiger partial charge in [-0.05, 0) is 18.4 Å². The highest BCUT2D eigenvalue weighted by Crippen LogP contribution is 2.33. The van der Waals surface area contributed by atoms with Crippen LogP contribution in [0.4, 0.5) is 5.82 Å². The Balaban J connectivity index is 2.28. The molecule has 2 rings (SSSR count). The molecule has 0 aliphatic carbocycles. The number of rotatable bonds is 4. The highest BCUT2D eigenvalue weighted by Gasteiger charge is 2.19. The van der Waals surface area contributed by atoms with Crippen LogP contribution in [-0.2, 0) is 5.41 Å². The van der Waals surface area contributed by atoms with Crippen LogP contribution >= 0.6 is 0 Å². The van der Waals surface area contributed by atoms with E-state index in [2.05, 4.69) is 42.1 Å². The van der Waals surface area contributed by atoms with Gasteiger partial charge in [0.2, 0.25) is 5.88 Å². The van der Waals surface area contributed by atoms with Gasteiger partial charge in [-0.1, -0.05) is 39.0 Å². The molecule has 1 N–H and O–H groups in total. The zero-order valence-corrected chi connectivity index (χ0v) is 12.5. The number of aromatic nitrogens is 2. The van der Waals surface area contributed by atoms with Crippen molar-refractivity contribution in [1.82, 2.24) is 9.97 Å². The fraction of sp³-hybridized carbons (Fsp3) is 0.375. The molecule has 0 saturated carbocycles. The molecule has 1 heterocycles. The summed E-state index contributed by atoms with van der Waals surface area (Å²) in [7, 11) is 0. The third-order valence-electron chi connectivity index (χ3n) is 2.91. The summed E-state index contributed by atoms with van der Waals surface area (Å²) >= 11 is 0. The van der Waals surface area contributed by atoms with Gasteiger partial charge in [0.1, 0.15) is 17.9 Å². The molecule has 1 aromatic carbocycles. The lowest BCUT2D eigenvalue weighted by Gasteiger charge is -2.22. The first-order chi connectivity index (χ1) is 9.50.